The van der Waals surface area contributed by atoms with Crippen molar-refractivity contribution in [3.63, 3.8) is 0 Å². The van der Waals surface area contributed by atoms with Gasteiger partial charge in [0, 0.05) is 6.07 Å². The van der Waals surface area contributed by atoms with E-state index in [9.17, 15) is 0 Å². The molecule has 15 heavy (non-hydrogen) atoms. The van der Waals surface area contributed by atoms with Crippen LogP contribution in [0.1, 0.15) is 5.56 Å². The summed E-state index contributed by atoms with van der Waals surface area (Å²) in [6, 6.07) is 11.6. The quantitative estimate of drug-likeness (QED) is 0.711. The lowest BCUT2D eigenvalue weighted by Gasteiger charge is -2.04. The monoisotopic (exact) mass is 203 g/mol. The van der Waals surface area contributed by atoms with Gasteiger partial charge >= 0.3 is 0 Å². The van der Waals surface area contributed by atoms with Crippen LogP contribution >= 0.6 is 0 Å². The van der Waals surface area contributed by atoms with Crippen molar-refractivity contribution in [2.75, 3.05) is 11.5 Å². The topological polar surface area (TPSA) is 77.1 Å². The molecule has 0 saturated carbocycles. The maximum Gasteiger partial charge on any atom is 0.163 e. The van der Waals surface area contributed by atoms with Crippen LogP contribution in [0.2, 0.25) is 0 Å². The summed E-state index contributed by atoms with van der Waals surface area (Å²) in [6.45, 7) is 0.488. The Hall–Kier alpha value is -2.10. The van der Waals surface area contributed by atoms with Gasteiger partial charge in [0.2, 0.25) is 0 Å². The SMILES string of the molecule is Nc1cc(OCc2ccccc2)c(N)[nH]1. The second kappa shape index (κ2) is 3.96. The molecule has 0 aliphatic rings. The summed E-state index contributed by atoms with van der Waals surface area (Å²) in [5, 5.41) is 0. The normalized spacial score (nSPS) is 10.1. The maximum atomic E-state index is 5.64. The highest BCUT2D eigenvalue weighted by Gasteiger charge is 2.03. The van der Waals surface area contributed by atoms with Crippen molar-refractivity contribution >= 4 is 11.6 Å². The minimum absolute atomic E-state index is 0.462. The fourth-order valence-corrected chi connectivity index (χ4v) is 1.33. The predicted octanol–water partition coefficient (Wildman–Crippen LogP) is 1.76. The first kappa shape index (κ1) is 9.45. The Morgan fingerprint density at radius 3 is 2.47 bits per heavy atom. The molecule has 0 fully saturated rings. The standard InChI is InChI=1S/C11H13N3O/c12-10-6-9(11(13)14-10)15-7-8-4-2-1-3-5-8/h1-6,14H,7,12-13H2. The van der Waals surface area contributed by atoms with Gasteiger partial charge in [0.15, 0.2) is 5.75 Å². The lowest BCUT2D eigenvalue weighted by molar-refractivity contribution is 0.308. The lowest BCUT2D eigenvalue weighted by Crippen LogP contribution is -1.96. The summed E-state index contributed by atoms with van der Waals surface area (Å²) in [5.41, 5.74) is 12.3. The molecule has 0 spiro atoms. The van der Waals surface area contributed by atoms with Crippen LogP contribution in [0.3, 0.4) is 0 Å². The van der Waals surface area contributed by atoms with Gasteiger partial charge in [0.25, 0.3) is 0 Å². The average molecular weight is 203 g/mol. The molecule has 0 unspecified atom stereocenters. The first-order valence-electron chi connectivity index (χ1n) is 4.66. The van der Waals surface area contributed by atoms with Crippen LogP contribution < -0.4 is 16.2 Å². The number of nitrogen functional groups attached to an aromatic ring is 2. The molecule has 0 radical (unpaired) electrons. The highest BCUT2D eigenvalue weighted by atomic mass is 16.5. The number of aromatic amines is 1. The molecule has 2 aromatic rings. The van der Waals surface area contributed by atoms with Gasteiger partial charge in [-0.3, -0.25) is 0 Å². The van der Waals surface area contributed by atoms with Gasteiger partial charge in [-0.15, -0.1) is 0 Å². The van der Waals surface area contributed by atoms with Gasteiger partial charge in [0.1, 0.15) is 18.2 Å². The van der Waals surface area contributed by atoms with Crippen molar-refractivity contribution < 1.29 is 4.74 Å². The van der Waals surface area contributed by atoms with E-state index in [0.29, 0.717) is 24.0 Å². The summed E-state index contributed by atoms with van der Waals surface area (Å²) in [7, 11) is 0. The van der Waals surface area contributed by atoms with Crippen LogP contribution in [0, 0.1) is 0 Å². The van der Waals surface area contributed by atoms with Crippen molar-refractivity contribution in [3.05, 3.63) is 42.0 Å². The Balaban J connectivity index is 2.02. The second-order valence-corrected chi connectivity index (χ2v) is 3.28. The smallest absolute Gasteiger partial charge is 0.163 e. The van der Waals surface area contributed by atoms with Crippen LogP contribution in [-0.4, -0.2) is 4.98 Å². The zero-order chi connectivity index (χ0) is 10.7. The average Bonchev–Trinajstić information content (AvgIpc) is 2.56. The number of aromatic nitrogens is 1. The highest BCUT2D eigenvalue weighted by molar-refractivity contribution is 5.55. The van der Waals surface area contributed by atoms with Crippen LogP contribution in [-0.2, 0) is 6.61 Å². The summed E-state index contributed by atoms with van der Waals surface area (Å²) >= 11 is 0. The molecule has 0 bridgehead atoms. The molecular weight excluding hydrogens is 190 g/mol. The van der Waals surface area contributed by atoms with Crippen molar-refractivity contribution in [2.45, 2.75) is 6.61 Å². The van der Waals surface area contributed by atoms with E-state index >= 15 is 0 Å². The largest absolute Gasteiger partial charge is 0.485 e. The van der Waals surface area contributed by atoms with E-state index in [0.717, 1.165) is 5.56 Å². The molecular formula is C11H13N3O. The van der Waals surface area contributed by atoms with Crippen LogP contribution in [0.25, 0.3) is 0 Å². The number of nitrogens with one attached hydrogen (secondary N) is 1. The van der Waals surface area contributed by atoms with Crippen molar-refractivity contribution in [2.24, 2.45) is 0 Å². The Bertz CT molecular complexity index is 436. The van der Waals surface area contributed by atoms with Crippen molar-refractivity contribution in [1.29, 1.82) is 0 Å². The number of benzene rings is 1. The highest BCUT2D eigenvalue weighted by Crippen LogP contribution is 2.24. The molecule has 1 aromatic heterocycles. The van der Waals surface area contributed by atoms with E-state index in [1.165, 1.54) is 0 Å². The number of hydrogen-bond donors (Lipinski definition) is 3. The molecule has 0 aliphatic carbocycles. The second-order valence-electron chi connectivity index (χ2n) is 3.28. The molecule has 78 valence electrons. The van der Waals surface area contributed by atoms with Crippen LogP contribution in [0.5, 0.6) is 5.75 Å². The summed E-state index contributed by atoms with van der Waals surface area (Å²) in [6.07, 6.45) is 0. The number of H-pyrrole nitrogens is 1. The van der Waals surface area contributed by atoms with E-state index in [-0.39, 0.29) is 0 Å². The lowest BCUT2D eigenvalue weighted by atomic mass is 10.2. The van der Waals surface area contributed by atoms with E-state index in [1.54, 1.807) is 6.07 Å². The first-order valence-corrected chi connectivity index (χ1v) is 4.66. The van der Waals surface area contributed by atoms with Crippen molar-refractivity contribution in [3.8, 4) is 5.75 Å². The Labute approximate surface area is 87.9 Å². The molecule has 4 nitrogen and oxygen atoms in total. The van der Waals surface area contributed by atoms with E-state index in [2.05, 4.69) is 4.98 Å². The Morgan fingerprint density at radius 2 is 1.87 bits per heavy atom. The zero-order valence-electron chi connectivity index (χ0n) is 8.23. The number of nitrogens with two attached hydrogens (primary N) is 2. The number of anilines is 2. The number of rotatable bonds is 3. The molecule has 5 N–H and O–H groups in total. The third kappa shape index (κ3) is 2.22. The van der Waals surface area contributed by atoms with Gasteiger partial charge in [-0.1, -0.05) is 30.3 Å². The van der Waals surface area contributed by atoms with Gasteiger partial charge in [-0.05, 0) is 5.56 Å². The molecule has 0 atom stereocenters. The van der Waals surface area contributed by atoms with E-state index in [1.807, 2.05) is 30.3 Å². The van der Waals surface area contributed by atoms with Gasteiger partial charge < -0.3 is 21.2 Å². The minimum atomic E-state index is 0.462. The molecule has 1 aromatic carbocycles. The van der Waals surface area contributed by atoms with Gasteiger partial charge in [-0.25, -0.2) is 0 Å². The Morgan fingerprint density at radius 1 is 1.13 bits per heavy atom. The summed E-state index contributed by atoms with van der Waals surface area (Å²) < 4.78 is 5.51. The van der Waals surface area contributed by atoms with Crippen molar-refractivity contribution in [1.82, 2.24) is 4.98 Å². The summed E-state index contributed by atoms with van der Waals surface area (Å²) in [4.78, 5) is 2.77. The van der Waals surface area contributed by atoms with Crippen LogP contribution in [0.4, 0.5) is 11.6 Å². The van der Waals surface area contributed by atoms with Gasteiger partial charge in [0.05, 0.1) is 0 Å². The minimum Gasteiger partial charge on any atom is -0.485 e. The molecule has 4 heteroatoms. The number of hydrogen-bond acceptors (Lipinski definition) is 3. The van der Waals surface area contributed by atoms with Crippen LogP contribution in [0.15, 0.2) is 36.4 Å². The fourth-order valence-electron chi connectivity index (χ4n) is 1.33. The number of ether oxygens (including phenoxy) is 1. The summed E-state index contributed by atoms with van der Waals surface area (Å²) in [5.74, 6) is 1.57. The first-order chi connectivity index (χ1) is 7.25. The maximum absolute atomic E-state index is 5.64. The molecule has 2 rings (SSSR count). The zero-order valence-corrected chi connectivity index (χ0v) is 8.23. The van der Waals surface area contributed by atoms with Gasteiger partial charge in [-0.2, -0.15) is 0 Å². The molecule has 0 amide bonds. The predicted molar refractivity (Wildman–Crippen MR) is 60.4 cm³/mol. The fraction of sp³-hybridized carbons (Fsp3) is 0.0909. The third-order valence-electron chi connectivity index (χ3n) is 2.07. The molecule has 0 aliphatic heterocycles. The molecule has 0 saturated heterocycles. The molecule has 1 heterocycles. The van der Waals surface area contributed by atoms with E-state index in [4.69, 9.17) is 16.2 Å². The van der Waals surface area contributed by atoms with E-state index < -0.39 is 0 Å². The third-order valence-corrected chi connectivity index (χ3v) is 2.07. The Kier molecular flexibility index (Phi) is 2.49.